The van der Waals surface area contributed by atoms with Crippen molar-refractivity contribution in [2.75, 3.05) is 30.3 Å². The van der Waals surface area contributed by atoms with Gasteiger partial charge in [0.05, 0.1) is 0 Å². The second-order valence-corrected chi connectivity index (χ2v) is 12.0. The average Bonchev–Trinajstić information content (AvgIpc) is 3.72. The number of carbonyl (C=O) groups is 1. The third kappa shape index (κ3) is 5.98. The van der Waals surface area contributed by atoms with Gasteiger partial charge in [0.15, 0.2) is 0 Å². The van der Waals surface area contributed by atoms with E-state index in [-0.39, 0.29) is 22.8 Å². The molecule has 3 fully saturated rings. The summed E-state index contributed by atoms with van der Waals surface area (Å²) in [5.74, 6) is -0.564. The minimum absolute atomic E-state index is 0.0831. The number of nitrogen functional groups attached to an aromatic ring is 1. The molecule has 222 valence electrons. The van der Waals surface area contributed by atoms with E-state index in [0.717, 1.165) is 18.4 Å². The largest absolute Gasteiger partial charge is 0.480 e. The number of hydrogen-bond acceptors (Lipinski definition) is 7. The summed E-state index contributed by atoms with van der Waals surface area (Å²) in [6, 6.07) is 12.6. The van der Waals surface area contributed by atoms with Crippen LogP contribution >= 0.6 is 11.6 Å². The summed E-state index contributed by atoms with van der Waals surface area (Å²) >= 11 is 6.26. The zero-order valence-corrected chi connectivity index (χ0v) is 23.5. The summed E-state index contributed by atoms with van der Waals surface area (Å²) < 4.78 is 49.5. The fraction of sp³-hybridized carbons (Fsp3) is 0.433. The van der Waals surface area contributed by atoms with Gasteiger partial charge in [-0.15, -0.1) is 0 Å². The summed E-state index contributed by atoms with van der Waals surface area (Å²) in [4.78, 5) is 21.6. The first-order chi connectivity index (χ1) is 20.0. The molecule has 1 saturated carbocycles. The molecule has 3 heterocycles. The van der Waals surface area contributed by atoms with Crippen molar-refractivity contribution in [3.63, 3.8) is 0 Å². The third-order valence-electron chi connectivity index (χ3n) is 8.59. The number of nitrogens with one attached hydrogen (secondary N) is 1. The first kappa shape index (κ1) is 28.5. The van der Waals surface area contributed by atoms with E-state index >= 15 is 0 Å². The van der Waals surface area contributed by atoms with Crippen LogP contribution in [-0.2, 0) is 4.79 Å². The van der Waals surface area contributed by atoms with Gasteiger partial charge in [-0.05, 0) is 72.3 Å². The molecule has 3 aliphatic rings. The van der Waals surface area contributed by atoms with Gasteiger partial charge in [-0.3, -0.25) is 4.79 Å². The zero-order chi connectivity index (χ0) is 29.6. The molecular weight excluding hydrogens is 571 g/mol. The number of hydrogen-bond donors (Lipinski definition) is 3. The number of nitrogens with two attached hydrogens (primary N) is 1. The van der Waals surface area contributed by atoms with Crippen LogP contribution in [0.2, 0.25) is 5.02 Å². The molecule has 2 aliphatic heterocycles. The molecule has 1 aliphatic carbocycles. The quantitative estimate of drug-likeness (QED) is 0.303. The van der Waals surface area contributed by atoms with Crippen LogP contribution < -0.4 is 20.7 Å². The standard InChI is InChI=1S/C30H31ClF3N5O3/c31-20-6-7-21(22(13-20)19-3-1-2-18(12-19)17-4-5-17)26(30(32,33)34)42-25-14-24(37-28(35)38-25)39-10-8-29(9-11-39)15-23(27(40)41)36-16-29/h1-3,6-7,12-14,17,23,26,36H,4-5,8-11,15-16H2,(H,40,41)(H2,35,37,38)/t23?,26-/m1/s1. The Morgan fingerprint density at radius 2 is 1.90 bits per heavy atom. The number of nitrogens with zero attached hydrogens (tertiary/aromatic N) is 3. The van der Waals surface area contributed by atoms with Crippen LogP contribution in [0.15, 0.2) is 48.5 Å². The summed E-state index contributed by atoms with van der Waals surface area (Å²) in [6.07, 6.45) is -3.02. The summed E-state index contributed by atoms with van der Waals surface area (Å²) in [5.41, 5.74) is 7.78. The van der Waals surface area contributed by atoms with E-state index in [0.29, 0.717) is 66.8 Å². The molecule has 0 amide bonds. The molecule has 0 radical (unpaired) electrons. The number of carboxylic acid groups (broad SMARTS) is 1. The molecule has 3 aromatic rings. The van der Waals surface area contributed by atoms with Crippen LogP contribution in [0.25, 0.3) is 11.1 Å². The monoisotopic (exact) mass is 601 g/mol. The Kier molecular flexibility index (Phi) is 7.43. The van der Waals surface area contributed by atoms with Gasteiger partial charge in [-0.1, -0.05) is 41.9 Å². The van der Waals surface area contributed by atoms with Gasteiger partial charge in [0.2, 0.25) is 17.9 Å². The SMILES string of the molecule is Nc1nc(O[C@H](c2ccc(Cl)cc2-c2cccc(C3CC3)c2)C(F)(F)F)cc(N2CCC3(CC2)CNC(C(=O)O)C3)n1. The van der Waals surface area contributed by atoms with E-state index in [4.69, 9.17) is 22.1 Å². The van der Waals surface area contributed by atoms with E-state index in [1.54, 1.807) is 6.07 Å². The molecule has 2 saturated heterocycles. The number of alkyl halides is 3. The van der Waals surface area contributed by atoms with Crippen LogP contribution in [0.3, 0.4) is 0 Å². The van der Waals surface area contributed by atoms with Gasteiger partial charge < -0.3 is 25.8 Å². The highest BCUT2D eigenvalue weighted by atomic mass is 35.5. The fourth-order valence-corrected chi connectivity index (χ4v) is 6.32. The maximum atomic E-state index is 14.6. The molecular formula is C30H31ClF3N5O3. The fourth-order valence-electron chi connectivity index (χ4n) is 6.15. The predicted octanol–water partition coefficient (Wildman–Crippen LogP) is 5.97. The Balaban J connectivity index is 1.27. The smallest absolute Gasteiger partial charge is 0.429 e. The van der Waals surface area contributed by atoms with Crippen molar-refractivity contribution in [3.05, 3.63) is 64.7 Å². The molecule has 1 spiro atoms. The lowest BCUT2D eigenvalue weighted by molar-refractivity contribution is -0.198. The Morgan fingerprint density at radius 3 is 2.57 bits per heavy atom. The Morgan fingerprint density at radius 1 is 1.14 bits per heavy atom. The molecule has 2 atom stereocenters. The van der Waals surface area contributed by atoms with Crippen LogP contribution in [0.1, 0.15) is 55.3 Å². The second-order valence-electron chi connectivity index (χ2n) is 11.6. The average molecular weight is 602 g/mol. The number of benzene rings is 2. The van der Waals surface area contributed by atoms with Crippen LogP contribution in [0, 0.1) is 5.41 Å². The van der Waals surface area contributed by atoms with Crippen molar-refractivity contribution in [1.82, 2.24) is 15.3 Å². The minimum Gasteiger partial charge on any atom is -0.480 e. The Bertz CT molecular complexity index is 1490. The molecule has 42 heavy (non-hydrogen) atoms. The van der Waals surface area contributed by atoms with Crippen molar-refractivity contribution < 1.29 is 27.8 Å². The number of piperidine rings is 1. The number of rotatable bonds is 7. The van der Waals surface area contributed by atoms with Gasteiger partial charge in [0, 0.05) is 36.3 Å². The number of halogens is 4. The molecule has 6 rings (SSSR count). The molecule has 1 aromatic heterocycles. The molecule has 0 bridgehead atoms. The van der Waals surface area contributed by atoms with E-state index in [1.165, 1.54) is 24.3 Å². The summed E-state index contributed by atoms with van der Waals surface area (Å²) in [7, 11) is 0. The lowest BCUT2D eigenvalue weighted by atomic mass is 9.76. The van der Waals surface area contributed by atoms with Crippen LogP contribution in [0.5, 0.6) is 5.88 Å². The van der Waals surface area contributed by atoms with Gasteiger partial charge in [0.1, 0.15) is 11.9 Å². The highest BCUT2D eigenvalue weighted by Gasteiger charge is 2.46. The number of ether oxygens (including phenoxy) is 1. The van der Waals surface area contributed by atoms with E-state index < -0.39 is 24.3 Å². The molecule has 2 aromatic carbocycles. The zero-order valence-electron chi connectivity index (χ0n) is 22.7. The highest BCUT2D eigenvalue weighted by molar-refractivity contribution is 6.30. The number of aliphatic carboxylic acids is 1. The van der Waals surface area contributed by atoms with Gasteiger partial charge >= 0.3 is 12.1 Å². The third-order valence-corrected chi connectivity index (χ3v) is 8.83. The Hall–Kier alpha value is -3.57. The maximum Gasteiger partial charge on any atom is 0.429 e. The first-order valence-corrected chi connectivity index (χ1v) is 14.4. The van der Waals surface area contributed by atoms with Crippen molar-refractivity contribution >= 4 is 29.3 Å². The van der Waals surface area contributed by atoms with Crippen molar-refractivity contribution in [1.29, 1.82) is 0 Å². The Labute approximate surface area is 246 Å². The van der Waals surface area contributed by atoms with Gasteiger partial charge in [-0.25, -0.2) is 0 Å². The van der Waals surface area contributed by atoms with Gasteiger partial charge in [0.25, 0.3) is 0 Å². The normalized spacial score (nSPS) is 21.0. The molecule has 12 heteroatoms. The molecule has 8 nitrogen and oxygen atoms in total. The summed E-state index contributed by atoms with van der Waals surface area (Å²) in [6.45, 7) is 1.70. The number of carboxylic acids is 1. The maximum absolute atomic E-state index is 14.6. The van der Waals surface area contributed by atoms with Gasteiger partial charge in [-0.2, -0.15) is 23.1 Å². The lowest BCUT2D eigenvalue weighted by Crippen LogP contribution is -2.41. The number of aromatic nitrogens is 2. The topological polar surface area (TPSA) is 114 Å². The molecule has 4 N–H and O–H groups in total. The molecule has 1 unspecified atom stereocenters. The van der Waals surface area contributed by atoms with E-state index in [1.807, 2.05) is 23.1 Å². The predicted molar refractivity (Wildman–Crippen MR) is 153 cm³/mol. The highest BCUT2D eigenvalue weighted by Crippen LogP contribution is 2.45. The number of anilines is 2. The van der Waals surface area contributed by atoms with Crippen molar-refractivity contribution in [3.8, 4) is 17.0 Å². The van der Waals surface area contributed by atoms with E-state index in [9.17, 15) is 23.1 Å². The van der Waals surface area contributed by atoms with Crippen molar-refractivity contribution in [2.45, 2.75) is 56.3 Å². The minimum atomic E-state index is -4.77. The van der Waals surface area contributed by atoms with E-state index in [2.05, 4.69) is 15.3 Å². The van der Waals surface area contributed by atoms with Crippen LogP contribution in [-0.4, -0.2) is 52.9 Å². The lowest BCUT2D eigenvalue weighted by Gasteiger charge is -2.39. The first-order valence-electron chi connectivity index (χ1n) is 14.0. The second kappa shape index (κ2) is 10.9. The van der Waals surface area contributed by atoms with Crippen molar-refractivity contribution in [2.24, 2.45) is 5.41 Å². The summed E-state index contributed by atoms with van der Waals surface area (Å²) in [5, 5.41) is 12.7. The van der Waals surface area contributed by atoms with Crippen LogP contribution in [0.4, 0.5) is 24.9 Å².